The molecular formula is C21H22BrN3O4. The fourth-order valence-corrected chi connectivity index (χ4v) is 3.25. The monoisotopic (exact) mass is 459 g/mol. The van der Waals surface area contributed by atoms with E-state index in [9.17, 15) is 9.59 Å². The van der Waals surface area contributed by atoms with E-state index in [2.05, 4.69) is 31.7 Å². The number of halogens is 1. The van der Waals surface area contributed by atoms with Crippen LogP contribution in [0, 0.1) is 0 Å². The highest BCUT2D eigenvalue weighted by molar-refractivity contribution is 9.18. The van der Waals surface area contributed by atoms with Crippen LogP contribution in [0.2, 0.25) is 0 Å². The zero-order valence-electron chi connectivity index (χ0n) is 15.7. The van der Waals surface area contributed by atoms with Gasteiger partial charge in [0.1, 0.15) is 17.3 Å². The van der Waals surface area contributed by atoms with Gasteiger partial charge >= 0.3 is 6.09 Å². The SMILES string of the molecule is O=C(NC(Cc1ccccc1)C(=O)NC[C@@H]1CC(Br)=NO1)OCc1ccccc1. The third-order valence-electron chi connectivity index (χ3n) is 4.30. The molecule has 0 radical (unpaired) electrons. The fraction of sp³-hybridized carbons (Fsp3) is 0.286. The first-order valence-corrected chi connectivity index (χ1v) is 10.1. The molecule has 0 spiro atoms. The van der Waals surface area contributed by atoms with Gasteiger partial charge in [0.05, 0.1) is 6.54 Å². The lowest BCUT2D eigenvalue weighted by Crippen LogP contribution is -2.49. The molecule has 2 N–H and O–H groups in total. The number of carbonyl (C=O) groups is 2. The van der Waals surface area contributed by atoms with Gasteiger partial charge in [-0.05, 0) is 27.1 Å². The minimum atomic E-state index is -0.772. The van der Waals surface area contributed by atoms with E-state index in [1.165, 1.54) is 0 Å². The van der Waals surface area contributed by atoms with Gasteiger partial charge < -0.3 is 20.2 Å². The Hall–Kier alpha value is -2.87. The van der Waals surface area contributed by atoms with Crippen molar-refractivity contribution in [2.45, 2.75) is 31.6 Å². The summed E-state index contributed by atoms with van der Waals surface area (Å²) in [5.41, 5.74) is 1.80. The molecule has 2 amide bonds. The van der Waals surface area contributed by atoms with E-state index in [0.29, 0.717) is 24.0 Å². The van der Waals surface area contributed by atoms with Crippen molar-refractivity contribution < 1.29 is 19.2 Å². The number of ether oxygens (including phenoxy) is 1. The Balaban J connectivity index is 1.56. The number of carbonyl (C=O) groups excluding carboxylic acids is 2. The first-order valence-electron chi connectivity index (χ1n) is 9.27. The normalized spacial score (nSPS) is 16.3. The minimum absolute atomic E-state index is 0.133. The van der Waals surface area contributed by atoms with E-state index >= 15 is 0 Å². The number of rotatable bonds is 8. The van der Waals surface area contributed by atoms with Gasteiger partial charge in [0.2, 0.25) is 5.91 Å². The quantitative estimate of drug-likeness (QED) is 0.634. The van der Waals surface area contributed by atoms with Gasteiger partial charge in [-0.1, -0.05) is 65.8 Å². The van der Waals surface area contributed by atoms with Gasteiger partial charge in [0.25, 0.3) is 0 Å². The molecule has 0 bridgehead atoms. The Labute approximate surface area is 177 Å². The Morgan fingerprint density at radius 2 is 1.76 bits per heavy atom. The zero-order valence-corrected chi connectivity index (χ0v) is 17.3. The summed E-state index contributed by atoms with van der Waals surface area (Å²) in [7, 11) is 0. The summed E-state index contributed by atoms with van der Waals surface area (Å²) in [5, 5.41) is 9.29. The molecule has 0 fully saturated rings. The number of amides is 2. The molecular weight excluding hydrogens is 438 g/mol. The number of hydrogen-bond acceptors (Lipinski definition) is 5. The number of oxime groups is 1. The van der Waals surface area contributed by atoms with Crippen LogP contribution < -0.4 is 10.6 Å². The van der Waals surface area contributed by atoms with Crippen LogP contribution in [0.15, 0.2) is 65.8 Å². The summed E-state index contributed by atoms with van der Waals surface area (Å²) in [4.78, 5) is 30.2. The summed E-state index contributed by atoms with van der Waals surface area (Å²) in [6, 6.07) is 18.1. The molecule has 8 heteroatoms. The molecule has 3 rings (SSSR count). The van der Waals surface area contributed by atoms with Crippen molar-refractivity contribution in [3.8, 4) is 0 Å². The molecule has 1 aliphatic rings. The van der Waals surface area contributed by atoms with Gasteiger partial charge in [0, 0.05) is 12.8 Å². The predicted molar refractivity (Wildman–Crippen MR) is 113 cm³/mol. The van der Waals surface area contributed by atoms with Gasteiger partial charge in [-0.25, -0.2) is 4.79 Å². The maximum absolute atomic E-state index is 12.7. The largest absolute Gasteiger partial charge is 0.445 e. The standard InChI is InChI=1S/C21H22BrN3O4/c22-19-12-17(29-25-19)13-23-20(26)18(11-15-7-3-1-4-8-15)24-21(27)28-14-16-9-5-2-6-10-16/h1-10,17-18H,11-14H2,(H,23,26)(H,24,27)/t17-,18?/m0/s1. The molecule has 2 aromatic rings. The number of benzene rings is 2. The highest BCUT2D eigenvalue weighted by Crippen LogP contribution is 2.13. The van der Waals surface area contributed by atoms with Crippen molar-refractivity contribution in [1.82, 2.24) is 10.6 Å². The lowest BCUT2D eigenvalue weighted by atomic mass is 10.1. The number of alkyl carbamates (subject to hydrolysis) is 1. The van der Waals surface area contributed by atoms with E-state index in [-0.39, 0.29) is 18.6 Å². The second-order valence-electron chi connectivity index (χ2n) is 6.59. The minimum Gasteiger partial charge on any atom is -0.445 e. The lowest BCUT2D eigenvalue weighted by molar-refractivity contribution is -0.123. The average molecular weight is 460 g/mol. The van der Waals surface area contributed by atoms with Crippen LogP contribution in [0.1, 0.15) is 17.5 Å². The van der Waals surface area contributed by atoms with Crippen LogP contribution >= 0.6 is 15.9 Å². The summed E-state index contributed by atoms with van der Waals surface area (Å²) in [6.07, 6.45) is 0.0681. The van der Waals surface area contributed by atoms with Gasteiger partial charge in [-0.3, -0.25) is 4.79 Å². The van der Waals surface area contributed by atoms with Crippen molar-refractivity contribution in [3.63, 3.8) is 0 Å². The van der Waals surface area contributed by atoms with Crippen LogP contribution in [0.5, 0.6) is 0 Å². The van der Waals surface area contributed by atoms with Crippen LogP contribution in [0.4, 0.5) is 4.79 Å². The first kappa shape index (κ1) is 20.9. The molecule has 1 unspecified atom stereocenters. The Morgan fingerprint density at radius 1 is 1.10 bits per heavy atom. The summed E-state index contributed by atoms with van der Waals surface area (Å²) >= 11 is 3.27. The molecule has 0 saturated heterocycles. The zero-order chi connectivity index (χ0) is 20.5. The highest BCUT2D eigenvalue weighted by atomic mass is 79.9. The van der Waals surface area contributed by atoms with Gasteiger partial charge in [0.15, 0.2) is 6.10 Å². The van der Waals surface area contributed by atoms with Crippen molar-refractivity contribution >= 4 is 32.6 Å². The molecule has 0 saturated carbocycles. The van der Waals surface area contributed by atoms with E-state index in [0.717, 1.165) is 11.1 Å². The second kappa shape index (κ2) is 10.6. The first-order chi connectivity index (χ1) is 14.1. The third kappa shape index (κ3) is 6.90. The van der Waals surface area contributed by atoms with Crippen LogP contribution in [-0.2, 0) is 27.4 Å². The maximum Gasteiger partial charge on any atom is 0.408 e. The average Bonchev–Trinajstić information content (AvgIpc) is 3.17. The third-order valence-corrected chi connectivity index (χ3v) is 4.77. The second-order valence-corrected chi connectivity index (χ2v) is 7.51. The Morgan fingerprint density at radius 3 is 2.38 bits per heavy atom. The molecule has 1 heterocycles. The smallest absolute Gasteiger partial charge is 0.408 e. The Bertz CT molecular complexity index is 846. The topological polar surface area (TPSA) is 89.0 Å². The molecule has 29 heavy (non-hydrogen) atoms. The van der Waals surface area contributed by atoms with E-state index in [1.807, 2.05) is 60.7 Å². The van der Waals surface area contributed by atoms with Crippen molar-refractivity contribution in [2.75, 3.05) is 6.54 Å². The van der Waals surface area contributed by atoms with Crippen molar-refractivity contribution in [2.24, 2.45) is 5.16 Å². The van der Waals surface area contributed by atoms with Gasteiger partial charge in [-0.15, -0.1) is 0 Å². The summed E-state index contributed by atoms with van der Waals surface area (Å²) in [6.45, 7) is 0.428. The number of nitrogens with zero attached hydrogens (tertiary/aromatic N) is 1. The van der Waals surface area contributed by atoms with Crippen molar-refractivity contribution in [1.29, 1.82) is 0 Å². The van der Waals surface area contributed by atoms with Crippen molar-refractivity contribution in [3.05, 3.63) is 71.8 Å². The molecule has 1 aliphatic heterocycles. The number of hydrogen-bond donors (Lipinski definition) is 2. The summed E-state index contributed by atoms with van der Waals surface area (Å²) in [5.74, 6) is -0.308. The van der Waals surface area contributed by atoms with E-state index < -0.39 is 12.1 Å². The van der Waals surface area contributed by atoms with Crippen LogP contribution in [0.3, 0.4) is 0 Å². The molecule has 0 aromatic heterocycles. The van der Waals surface area contributed by atoms with E-state index in [4.69, 9.17) is 9.57 Å². The highest BCUT2D eigenvalue weighted by Gasteiger charge is 2.25. The predicted octanol–water partition coefficient (Wildman–Crippen LogP) is 3.14. The van der Waals surface area contributed by atoms with Crippen LogP contribution in [0.25, 0.3) is 0 Å². The van der Waals surface area contributed by atoms with Gasteiger partial charge in [-0.2, -0.15) is 0 Å². The number of nitrogens with one attached hydrogen (secondary N) is 2. The molecule has 2 aromatic carbocycles. The Kier molecular flexibility index (Phi) is 7.63. The maximum atomic E-state index is 12.7. The summed E-state index contributed by atoms with van der Waals surface area (Å²) < 4.78 is 5.97. The van der Waals surface area contributed by atoms with Crippen LogP contribution in [-0.4, -0.2) is 35.3 Å². The molecule has 0 aliphatic carbocycles. The fourth-order valence-electron chi connectivity index (χ4n) is 2.81. The molecule has 2 atom stereocenters. The molecule has 7 nitrogen and oxygen atoms in total. The van der Waals surface area contributed by atoms with E-state index in [1.54, 1.807) is 0 Å². The lowest BCUT2D eigenvalue weighted by Gasteiger charge is -2.19. The molecule has 152 valence electrons.